The number of nitrogens with zero attached hydrogens (tertiary/aromatic N) is 1. The Morgan fingerprint density at radius 2 is 2.00 bits per heavy atom. The minimum atomic E-state index is -3.63. The third-order valence-electron chi connectivity index (χ3n) is 4.35. The quantitative estimate of drug-likeness (QED) is 0.751. The maximum absolute atomic E-state index is 12.5. The highest BCUT2D eigenvalue weighted by Crippen LogP contribution is 2.34. The summed E-state index contributed by atoms with van der Waals surface area (Å²) < 4.78 is 42.6. The van der Waals surface area contributed by atoms with Crippen LogP contribution >= 0.6 is 0 Å². The van der Waals surface area contributed by atoms with Gasteiger partial charge in [0.1, 0.15) is 19.8 Å². The molecule has 1 saturated heterocycles. The summed E-state index contributed by atoms with van der Waals surface area (Å²) in [6.45, 7) is 3.20. The van der Waals surface area contributed by atoms with Crippen LogP contribution in [0.15, 0.2) is 18.2 Å². The van der Waals surface area contributed by atoms with E-state index in [4.69, 9.17) is 14.2 Å². The normalized spacial score (nSPS) is 19.2. The second-order valence-electron chi connectivity index (χ2n) is 6.17. The van der Waals surface area contributed by atoms with Gasteiger partial charge < -0.3 is 19.5 Å². The van der Waals surface area contributed by atoms with E-state index in [-0.39, 0.29) is 24.3 Å². The van der Waals surface area contributed by atoms with Gasteiger partial charge in [0.2, 0.25) is 15.9 Å². The zero-order chi connectivity index (χ0) is 18.6. The topological polar surface area (TPSA) is 94.2 Å². The number of hydrogen-bond acceptors (Lipinski definition) is 6. The first-order chi connectivity index (χ1) is 12.5. The van der Waals surface area contributed by atoms with Crippen molar-refractivity contribution in [2.45, 2.75) is 25.9 Å². The van der Waals surface area contributed by atoms with E-state index >= 15 is 0 Å². The van der Waals surface area contributed by atoms with Crippen molar-refractivity contribution < 1.29 is 27.4 Å². The molecule has 1 unspecified atom stereocenters. The molecule has 3 rings (SSSR count). The Bertz CT molecular complexity index is 746. The van der Waals surface area contributed by atoms with Crippen LogP contribution in [0, 0.1) is 0 Å². The predicted molar refractivity (Wildman–Crippen MR) is 96.2 cm³/mol. The van der Waals surface area contributed by atoms with Crippen LogP contribution in [-0.2, 0) is 19.6 Å². The lowest BCUT2D eigenvalue weighted by atomic mass is 10.2. The molecule has 1 atom stereocenters. The van der Waals surface area contributed by atoms with Crippen LogP contribution in [-0.4, -0.2) is 59.1 Å². The van der Waals surface area contributed by atoms with Crippen molar-refractivity contribution in [3.8, 4) is 11.5 Å². The van der Waals surface area contributed by atoms with Crippen LogP contribution in [0.5, 0.6) is 11.5 Å². The lowest BCUT2D eigenvalue weighted by molar-refractivity contribution is -0.120. The van der Waals surface area contributed by atoms with Gasteiger partial charge in [0.05, 0.1) is 17.5 Å². The van der Waals surface area contributed by atoms with Gasteiger partial charge in [-0.05, 0) is 31.9 Å². The second kappa shape index (κ2) is 8.13. The van der Waals surface area contributed by atoms with E-state index < -0.39 is 10.0 Å². The highest BCUT2D eigenvalue weighted by molar-refractivity contribution is 7.92. The number of fused-ring (bicyclic) bond motifs is 1. The molecular formula is C17H24N2O6S. The maximum Gasteiger partial charge on any atom is 0.240 e. The number of amides is 1. The van der Waals surface area contributed by atoms with Crippen molar-refractivity contribution in [1.82, 2.24) is 5.32 Å². The fraction of sp³-hybridized carbons (Fsp3) is 0.588. The molecule has 0 saturated carbocycles. The van der Waals surface area contributed by atoms with Gasteiger partial charge in [-0.2, -0.15) is 0 Å². The fourth-order valence-electron chi connectivity index (χ4n) is 2.91. The van der Waals surface area contributed by atoms with E-state index in [1.807, 2.05) is 0 Å². The summed E-state index contributed by atoms with van der Waals surface area (Å²) in [6.07, 6.45) is 1.89. The highest BCUT2D eigenvalue weighted by Gasteiger charge is 2.26. The summed E-state index contributed by atoms with van der Waals surface area (Å²) in [5.41, 5.74) is 0.378. The zero-order valence-electron chi connectivity index (χ0n) is 14.8. The van der Waals surface area contributed by atoms with Crippen LogP contribution in [0.3, 0.4) is 0 Å². The Hall–Kier alpha value is -2.00. The Morgan fingerprint density at radius 3 is 2.69 bits per heavy atom. The SMILES string of the molecule is CCS(=O)(=O)N(CC(=O)NCC1CCCO1)c1ccc2c(c1)OCCO2. The fourth-order valence-corrected chi connectivity index (χ4v) is 3.97. The molecule has 26 heavy (non-hydrogen) atoms. The lowest BCUT2D eigenvalue weighted by Gasteiger charge is -2.26. The van der Waals surface area contributed by atoms with Crippen molar-refractivity contribution in [2.75, 3.05) is 43.0 Å². The number of anilines is 1. The minimum absolute atomic E-state index is 0.00414. The number of hydrogen-bond donors (Lipinski definition) is 1. The molecule has 0 aliphatic carbocycles. The first kappa shape index (κ1) is 18.8. The first-order valence-corrected chi connectivity index (χ1v) is 10.4. The summed E-state index contributed by atoms with van der Waals surface area (Å²) in [7, 11) is -3.63. The maximum atomic E-state index is 12.5. The van der Waals surface area contributed by atoms with Gasteiger partial charge in [-0.15, -0.1) is 0 Å². The van der Waals surface area contributed by atoms with Crippen LogP contribution in [0.1, 0.15) is 19.8 Å². The van der Waals surface area contributed by atoms with Gasteiger partial charge >= 0.3 is 0 Å². The predicted octanol–water partition coefficient (Wildman–Crippen LogP) is 0.909. The summed E-state index contributed by atoms with van der Waals surface area (Å²) in [6, 6.07) is 4.87. The molecular weight excluding hydrogens is 360 g/mol. The Labute approximate surface area is 153 Å². The molecule has 0 aromatic heterocycles. The number of carbonyl (C=O) groups excluding carboxylic acids is 1. The first-order valence-electron chi connectivity index (χ1n) is 8.78. The van der Waals surface area contributed by atoms with Crippen LogP contribution in [0.4, 0.5) is 5.69 Å². The average molecular weight is 384 g/mol. The minimum Gasteiger partial charge on any atom is -0.486 e. The zero-order valence-corrected chi connectivity index (χ0v) is 15.6. The van der Waals surface area contributed by atoms with E-state index in [0.717, 1.165) is 17.1 Å². The Balaban J connectivity index is 1.74. The molecule has 1 aromatic carbocycles. The molecule has 0 radical (unpaired) electrons. The monoisotopic (exact) mass is 384 g/mol. The van der Waals surface area contributed by atoms with Gasteiger partial charge in [-0.25, -0.2) is 8.42 Å². The van der Waals surface area contributed by atoms with Gasteiger partial charge in [0.25, 0.3) is 0 Å². The van der Waals surface area contributed by atoms with E-state index in [9.17, 15) is 13.2 Å². The molecule has 0 spiro atoms. The van der Waals surface area contributed by atoms with Crippen LogP contribution < -0.4 is 19.1 Å². The van der Waals surface area contributed by atoms with Crippen molar-refractivity contribution in [2.24, 2.45) is 0 Å². The van der Waals surface area contributed by atoms with Gasteiger partial charge in [0.15, 0.2) is 11.5 Å². The molecule has 1 amide bonds. The van der Waals surface area contributed by atoms with Gasteiger partial charge in [-0.1, -0.05) is 0 Å². The number of sulfonamides is 1. The number of nitrogens with one attached hydrogen (secondary N) is 1. The summed E-state index contributed by atoms with van der Waals surface area (Å²) in [4.78, 5) is 12.3. The van der Waals surface area contributed by atoms with E-state index in [2.05, 4.69) is 5.32 Å². The van der Waals surface area contributed by atoms with E-state index in [1.165, 1.54) is 0 Å². The second-order valence-corrected chi connectivity index (χ2v) is 8.36. The number of ether oxygens (including phenoxy) is 3. The number of rotatable bonds is 7. The van der Waals surface area contributed by atoms with Gasteiger partial charge in [0, 0.05) is 19.2 Å². The molecule has 9 heteroatoms. The molecule has 2 aliphatic rings. The summed E-state index contributed by atoms with van der Waals surface area (Å²) in [5, 5.41) is 2.76. The molecule has 8 nitrogen and oxygen atoms in total. The van der Waals surface area contributed by atoms with Crippen molar-refractivity contribution in [3.05, 3.63) is 18.2 Å². The Kier molecular flexibility index (Phi) is 5.87. The van der Waals surface area contributed by atoms with Gasteiger partial charge in [-0.3, -0.25) is 9.10 Å². The molecule has 1 N–H and O–H groups in total. The lowest BCUT2D eigenvalue weighted by Crippen LogP contribution is -2.43. The summed E-state index contributed by atoms with van der Waals surface area (Å²) >= 11 is 0. The van der Waals surface area contributed by atoms with Crippen LogP contribution in [0.2, 0.25) is 0 Å². The third kappa shape index (κ3) is 4.39. The number of benzene rings is 1. The Morgan fingerprint density at radius 1 is 1.23 bits per heavy atom. The molecule has 0 bridgehead atoms. The number of carbonyl (C=O) groups is 1. The molecule has 1 fully saturated rings. The van der Waals surface area contributed by atoms with E-state index in [0.29, 0.717) is 43.6 Å². The molecule has 2 heterocycles. The third-order valence-corrected chi connectivity index (χ3v) is 6.09. The average Bonchev–Trinajstić information content (AvgIpc) is 3.17. The van der Waals surface area contributed by atoms with E-state index in [1.54, 1.807) is 25.1 Å². The smallest absolute Gasteiger partial charge is 0.240 e. The summed E-state index contributed by atoms with van der Waals surface area (Å²) in [5.74, 6) is 0.564. The molecule has 1 aromatic rings. The van der Waals surface area contributed by atoms with Crippen molar-refractivity contribution in [3.63, 3.8) is 0 Å². The largest absolute Gasteiger partial charge is 0.486 e. The highest BCUT2D eigenvalue weighted by atomic mass is 32.2. The van der Waals surface area contributed by atoms with Crippen molar-refractivity contribution in [1.29, 1.82) is 0 Å². The van der Waals surface area contributed by atoms with Crippen LogP contribution in [0.25, 0.3) is 0 Å². The standard InChI is InChI=1S/C17H24N2O6S/c1-2-26(21,22)19(12-17(20)18-11-14-4-3-7-23-14)13-5-6-15-16(10-13)25-9-8-24-15/h5-6,10,14H,2-4,7-9,11-12H2,1H3,(H,18,20). The molecule has 144 valence electrons. The van der Waals surface area contributed by atoms with Crippen molar-refractivity contribution >= 4 is 21.6 Å². The molecule has 2 aliphatic heterocycles.